The molecular formula is C15H18N2O. The lowest BCUT2D eigenvalue weighted by Gasteiger charge is -2.12. The van der Waals surface area contributed by atoms with Crippen LogP contribution < -0.4 is 5.32 Å². The zero-order valence-corrected chi connectivity index (χ0v) is 10.8. The van der Waals surface area contributed by atoms with Crippen molar-refractivity contribution in [1.29, 1.82) is 0 Å². The highest BCUT2D eigenvalue weighted by molar-refractivity contribution is 5.51. The maximum absolute atomic E-state index is 5.19. The molecule has 0 spiro atoms. The van der Waals surface area contributed by atoms with Gasteiger partial charge in [-0.1, -0.05) is 18.2 Å². The molecule has 1 aromatic carbocycles. The Morgan fingerprint density at radius 3 is 2.78 bits per heavy atom. The van der Waals surface area contributed by atoms with Crippen molar-refractivity contribution in [2.24, 2.45) is 0 Å². The molecule has 1 N–H and O–H groups in total. The topological polar surface area (TPSA) is 34.1 Å². The number of methoxy groups -OCH3 is 1. The fourth-order valence-corrected chi connectivity index (χ4v) is 1.85. The number of aromatic nitrogens is 1. The van der Waals surface area contributed by atoms with Gasteiger partial charge in [0.25, 0.3) is 0 Å². The lowest BCUT2D eigenvalue weighted by atomic mass is 10.1. The molecule has 3 nitrogen and oxygen atoms in total. The normalized spacial score (nSPS) is 10.3. The van der Waals surface area contributed by atoms with E-state index in [-0.39, 0.29) is 0 Å². The van der Waals surface area contributed by atoms with Gasteiger partial charge in [-0.15, -0.1) is 0 Å². The molecule has 0 aliphatic rings. The molecular weight excluding hydrogens is 224 g/mol. The van der Waals surface area contributed by atoms with Crippen LogP contribution in [0.1, 0.15) is 16.7 Å². The van der Waals surface area contributed by atoms with E-state index < -0.39 is 0 Å². The summed E-state index contributed by atoms with van der Waals surface area (Å²) in [4.78, 5) is 4.15. The first kappa shape index (κ1) is 12.6. The van der Waals surface area contributed by atoms with E-state index in [9.17, 15) is 0 Å². The van der Waals surface area contributed by atoms with Crippen LogP contribution in [0.3, 0.4) is 0 Å². The van der Waals surface area contributed by atoms with Crippen LogP contribution in [-0.4, -0.2) is 12.1 Å². The Hall–Kier alpha value is -1.87. The molecule has 0 aliphatic heterocycles. The summed E-state index contributed by atoms with van der Waals surface area (Å²) in [5.41, 5.74) is 4.75. The zero-order valence-electron chi connectivity index (χ0n) is 10.8. The number of nitrogens with one attached hydrogen (secondary N) is 1. The molecule has 1 heterocycles. The van der Waals surface area contributed by atoms with Crippen molar-refractivity contribution in [2.45, 2.75) is 20.1 Å². The SMILES string of the molecule is COCc1ccccc1NCc1cnccc1C. The number of anilines is 1. The number of pyridine rings is 1. The van der Waals surface area contributed by atoms with E-state index in [4.69, 9.17) is 4.74 Å². The number of aryl methyl sites for hydroxylation is 1. The Balaban J connectivity index is 2.08. The molecule has 0 bridgehead atoms. The third-order valence-corrected chi connectivity index (χ3v) is 2.93. The summed E-state index contributed by atoms with van der Waals surface area (Å²) in [6.07, 6.45) is 3.72. The monoisotopic (exact) mass is 242 g/mol. The summed E-state index contributed by atoms with van der Waals surface area (Å²) in [6, 6.07) is 10.2. The second-order valence-electron chi connectivity index (χ2n) is 4.25. The summed E-state index contributed by atoms with van der Waals surface area (Å²) in [5, 5.41) is 3.44. The average molecular weight is 242 g/mol. The number of hydrogen-bond donors (Lipinski definition) is 1. The fourth-order valence-electron chi connectivity index (χ4n) is 1.85. The molecule has 18 heavy (non-hydrogen) atoms. The number of nitrogens with zero attached hydrogens (tertiary/aromatic N) is 1. The van der Waals surface area contributed by atoms with Gasteiger partial charge in [0.1, 0.15) is 0 Å². The van der Waals surface area contributed by atoms with E-state index in [0.29, 0.717) is 6.61 Å². The van der Waals surface area contributed by atoms with Crippen LogP contribution in [0, 0.1) is 6.92 Å². The van der Waals surface area contributed by atoms with Gasteiger partial charge in [0.15, 0.2) is 0 Å². The van der Waals surface area contributed by atoms with Gasteiger partial charge in [0, 0.05) is 37.3 Å². The fraction of sp³-hybridized carbons (Fsp3) is 0.267. The van der Waals surface area contributed by atoms with Gasteiger partial charge in [-0.25, -0.2) is 0 Å². The highest BCUT2D eigenvalue weighted by atomic mass is 16.5. The quantitative estimate of drug-likeness (QED) is 0.874. The third-order valence-electron chi connectivity index (χ3n) is 2.93. The minimum Gasteiger partial charge on any atom is -0.381 e. The van der Waals surface area contributed by atoms with Crippen molar-refractivity contribution in [1.82, 2.24) is 4.98 Å². The highest BCUT2D eigenvalue weighted by Gasteiger charge is 2.02. The molecule has 94 valence electrons. The van der Waals surface area contributed by atoms with E-state index >= 15 is 0 Å². The largest absolute Gasteiger partial charge is 0.381 e. The van der Waals surface area contributed by atoms with Gasteiger partial charge < -0.3 is 10.1 Å². The molecule has 2 rings (SSSR count). The Bertz CT molecular complexity index is 511. The van der Waals surface area contributed by atoms with Crippen molar-refractivity contribution in [3.63, 3.8) is 0 Å². The van der Waals surface area contributed by atoms with Crippen molar-refractivity contribution in [3.05, 3.63) is 59.4 Å². The average Bonchev–Trinajstić information content (AvgIpc) is 2.40. The number of hydrogen-bond acceptors (Lipinski definition) is 3. The smallest absolute Gasteiger partial charge is 0.0733 e. The second-order valence-corrected chi connectivity index (χ2v) is 4.25. The van der Waals surface area contributed by atoms with Crippen LogP contribution >= 0.6 is 0 Å². The maximum atomic E-state index is 5.19. The first-order chi connectivity index (χ1) is 8.81. The first-order valence-corrected chi connectivity index (χ1v) is 6.01. The van der Waals surface area contributed by atoms with Crippen LogP contribution in [0.2, 0.25) is 0 Å². The molecule has 1 aromatic heterocycles. The van der Waals surface area contributed by atoms with Crippen molar-refractivity contribution in [2.75, 3.05) is 12.4 Å². The predicted octanol–water partition coefficient (Wildman–Crippen LogP) is 3.15. The van der Waals surface area contributed by atoms with Gasteiger partial charge in [-0.05, 0) is 30.2 Å². The summed E-state index contributed by atoms with van der Waals surface area (Å²) < 4.78 is 5.19. The van der Waals surface area contributed by atoms with Crippen molar-refractivity contribution >= 4 is 5.69 Å². The lowest BCUT2D eigenvalue weighted by molar-refractivity contribution is 0.185. The highest BCUT2D eigenvalue weighted by Crippen LogP contribution is 2.17. The number of ether oxygens (including phenoxy) is 1. The molecule has 3 heteroatoms. The minimum atomic E-state index is 0.620. The standard InChI is InChI=1S/C15H18N2O/c1-12-7-8-16-9-14(12)10-17-15-6-4-3-5-13(15)11-18-2/h3-9,17H,10-11H2,1-2H3. The number of benzene rings is 1. The van der Waals surface area contributed by atoms with E-state index in [1.54, 1.807) is 7.11 Å². The van der Waals surface area contributed by atoms with E-state index in [0.717, 1.165) is 12.2 Å². The van der Waals surface area contributed by atoms with Crippen molar-refractivity contribution in [3.8, 4) is 0 Å². The molecule has 0 amide bonds. The molecule has 2 aromatic rings. The summed E-state index contributed by atoms with van der Waals surface area (Å²) in [5.74, 6) is 0. The zero-order chi connectivity index (χ0) is 12.8. The van der Waals surface area contributed by atoms with Crippen LogP contribution in [-0.2, 0) is 17.9 Å². The van der Waals surface area contributed by atoms with Gasteiger partial charge in [-0.3, -0.25) is 4.98 Å². The minimum absolute atomic E-state index is 0.620. The molecule has 0 unspecified atom stereocenters. The van der Waals surface area contributed by atoms with Gasteiger partial charge in [0.05, 0.1) is 6.61 Å². The molecule has 0 radical (unpaired) electrons. The third kappa shape index (κ3) is 3.08. The Kier molecular flexibility index (Phi) is 4.31. The Labute approximate surface area is 108 Å². The van der Waals surface area contributed by atoms with E-state index in [1.807, 2.05) is 30.6 Å². The molecule has 0 fully saturated rings. The van der Waals surface area contributed by atoms with Crippen LogP contribution in [0.5, 0.6) is 0 Å². The molecule has 0 saturated carbocycles. The van der Waals surface area contributed by atoms with E-state index in [1.165, 1.54) is 16.7 Å². The van der Waals surface area contributed by atoms with Gasteiger partial charge >= 0.3 is 0 Å². The Morgan fingerprint density at radius 1 is 1.17 bits per heavy atom. The predicted molar refractivity (Wildman–Crippen MR) is 73.5 cm³/mol. The summed E-state index contributed by atoms with van der Waals surface area (Å²) in [6.45, 7) is 3.50. The van der Waals surface area contributed by atoms with Crippen LogP contribution in [0.4, 0.5) is 5.69 Å². The molecule has 0 saturated heterocycles. The van der Waals surface area contributed by atoms with Crippen LogP contribution in [0.25, 0.3) is 0 Å². The number of rotatable bonds is 5. The Morgan fingerprint density at radius 2 is 2.00 bits per heavy atom. The van der Waals surface area contributed by atoms with Crippen LogP contribution in [0.15, 0.2) is 42.7 Å². The first-order valence-electron chi connectivity index (χ1n) is 6.01. The second kappa shape index (κ2) is 6.17. The van der Waals surface area contributed by atoms with E-state index in [2.05, 4.69) is 29.4 Å². The van der Waals surface area contributed by atoms with Crippen molar-refractivity contribution < 1.29 is 4.74 Å². The van der Waals surface area contributed by atoms with Gasteiger partial charge in [0.2, 0.25) is 0 Å². The maximum Gasteiger partial charge on any atom is 0.0733 e. The molecule has 0 aliphatic carbocycles. The van der Waals surface area contributed by atoms with Gasteiger partial charge in [-0.2, -0.15) is 0 Å². The summed E-state index contributed by atoms with van der Waals surface area (Å²) in [7, 11) is 1.71. The number of para-hydroxylation sites is 1. The lowest BCUT2D eigenvalue weighted by Crippen LogP contribution is -2.04. The molecule has 0 atom stereocenters. The summed E-state index contributed by atoms with van der Waals surface area (Å²) >= 11 is 0.